The summed E-state index contributed by atoms with van der Waals surface area (Å²) in [5.41, 5.74) is 4.71. The number of methoxy groups -OCH3 is 1. The third-order valence-corrected chi connectivity index (χ3v) is 5.50. The summed E-state index contributed by atoms with van der Waals surface area (Å²) >= 11 is 0. The van der Waals surface area contributed by atoms with E-state index in [1.807, 2.05) is 0 Å². The van der Waals surface area contributed by atoms with Crippen molar-refractivity contribution >= 4 is 17.8 Å². The van der Waals surface area contributed by atoms with E-state index >= 15 is 0 Å². The van der Waals surface area contributed by atoms with Crippen LogP contribution in [0.1, 0.15) is 51.4 Å². The fraction of sp³-hybridized carbons (Fsp3) is 0.824. The van der Waals surface area contributed by atoms with Gasteiger partial charge in [-0.3, -0.25) is 25.2 Å². The highest BCUT2D eigenvalue weighted by atomic mass is 19.4. The van der Waals surface area contributed by atoms with Gasteiger partial charge in [0.15, 0.2) is 0 Å². The zero-order valence-corrected chi connectivity index (χ0v) is 14.7. The molecule has 2 rings (SSSR count). The summed E-state index contributed by atoms with van der Waals surface area (Å²) < 4.78 is 42.6. The minimum Gasteiger partial charge on any atom is -0.469 e. The van der Waals surface area contributed by atoms with E-state index in [1.165, 1.54) is 7.11 Å². The van der Waals surface area contributed by atoms with Gasteiger partial charge in [0.25, 0.3) is 0 Å². The first kappa shape index (κ1) is 20.5. The molecule has 0 aromatic carbocycles. The Kier molecular flexibility index (Phi) is 6.88. The Balaban J connectivity index is 1.70. The highest BCUT2D eigenvalue weighted by Gasteiger charge is 2.42. The topological polar surface area (TPSA) is 84.5 Å². The standard InChI is InChI=1S/C17H25F3N2O4/c1-26-16(25)12-4-2-10(3-5-12)14(23)21-22-15(24)11-6-8-13(9-7-11)17(18,19)20/h10-13H,2-9H2,1H3,(H,21,23)(H,22,24). The zero-order chi connectivity index (χ0) is 19.3. The number of hydrazine groups is 1. The number of hydrogen-bond donors (Lipinski definition) is 2. The van der Waals surface area contributed by atoms with E-state index < -0.39 is 23.9 Å². The Morgan fingerprint density at radius 2 is 1.15 bits per heavy atom. The molecule has 9 heteroatoms. The Morgan fingerprint density at radius 3 is 1.54 bits per heavy atom. The van der Waals surface area contributed by atoms with Crippen LogP contribution in [0.4, 0.5) is 13.2 Å². The number of carbonyl (C=O) groups is 3. The van der Waals surface area contributed by atoms with Crippen LogP contribution in [0.3, 0.4) is 0 Å². The van der Waals surface area contributed by atoms with Crippen LogP contribution in [0.5, 0.6) is 0 Å². The average Bonchev–Trinajstić information content (AvgIpc) is 2.64. The van der Waals surface area contributed by atoms with Crippen LogP contribution < -0.4 is 10.9 Å². The quantitative estimate of drug-likeness (QED) is 0.584. The van der Waals surface area contributed by atoms with Gasteiger partial charge in [0.1, 0.15) is 0 Å². The highest BCUT2D eigenvalue weighted by molar-refractivity contribution is 5.84. The molecule has 0 aromatic heterocycles. The molecule has 2 fully saturated rings. The lowest BCUT2D eigenvalue weighted by atomic mass is 9.81. The van der Waals surface area contributed by atoms with E-state index in [4.69, 9.17) is 4.74 Å². The van der Waals surface area contributed by atoms with Gasteiger partial charge in [-0.1, -0.05) is 0 Å². The maximum Gasteiger partial charge on any atom is 0.391 e. The summed E-state index contributed by atoms with van der Waals surface area (Å²) in [6.45, 7) is 0. The summed E-state index contributed by atoms with van der Waals surface area (Å²) in [6, 6.07) is 0. The molecule has 0 bridgehead atoms. The molecule has 0 radical (unpaired) electrons. The van der Waals surface area contributed by atoms with E-state index in [2.05, 4.69) is 10.9 Å². The van der Waals surface area contributed by atoms with Crippen molar-refractivity contribution in [3.8, 4) is 0 Å². The molecule has 0 saturated heterocycles. The Hall–Kier alpha value is -1.80. The van der Waals surface area contributed by atoms with Crippen molar-refractivity contribution < 1.29 is 32.3 Å². The number of ether oxygens (including phenoxy) is 1. The Bertz CT molecular complexity index is 523. The van der Waals surface area contributed by atoms with Gasteiger partial charge in [-0.25, -0.2) is 0 Å². The van der Waals surface area contributed by atoms with Crippen LogP contribution >= 0.6 is 0 Å². The molecule has 0 aliphatic heterocycles. The van der Waals surface area contributed by atoms with Gasteiger partial charge >= 0.3 is 12.1 Å². The number of amides is 2. The van der Waals surface area contributed by atoms with Crippen molar-refractivity contribution in [2.45, 2.75) is 57.5 Å². The number of esters is 1. The van der Waals surface area contributed by atoms with E-state index in [1.54, 1.807) is 0 Å². The maximum atomic E-state index is 12.6. The number of hydrogen-bond acceptors (Lipinski definition) is 4. The molecule has 6 nitrogen and oxygen atoms in total. The van der Waals surface area contributed by atoms with Crippen molar-refractivity contribution in [3.05, 3.63) is 0 Å². The van der Waals surface area contributed by atoms with Gasteiger partial charge in [0.2, 0.25) is 11.8 Å². The molecule has 0 atom stereocenters. The van der Waals surface area contributed by atoms with Crippen molar-refractivity contribution in [2.75, 3.05) is 7.11 Å². The second-order valence-corrected chi connectivity index (χ2v) is 7.14. The number of carbonyl (C=O) groups excluding carboxylic acids is 3. The van der Waals surface area contributed by atoms with E-state index in [-0.39, 0.29) is 49.4 Å². The monoisotopic (exact) mass is 378 g/mol. The highest BCUT2D eigenvalue weighted by Crippen LogP contribution is 2.39. The third-order valence-electron chi connectivity index (χ3n) is 5.50. The number of halogens is 3. The fourth-order valence-corrected chi connectivity index (χ4v) is 3.77. The first-order chi connectivity index (χ1) is 12.2. The molecule has 0 unspecified atom stereocenters. The Morgan fingerprint density at radius 1 is 0.769 bits per heavy atom. The summed E-state index contributed by atoms with van der Waals surface area (Å²) in [5, 5.41) is 0. The molecule has 2 amide bonds. The Labute approximate surface area is 150 Å². The summed E-state index contributed by atoms with van der Waals surface area (Å²) in [7, 11) is 1.33. The molecule has 148 valence electrons. The average molecular weight is 378 g/mol. The third kappa shape index (κ3) is 5.35. The predicted octanol–water partition coefficient (Wildman–Crippen LogP) is 2.48. The van der Waals surface area contributed by atoms with Crippen LogP contribution in [0, 0.1) is 23.7 Å². The fourth-order valence-electron chi connectivity index (χ4n) is 3.77. The van der Waals surface area contributed by atoms with Crippen molar-refractivity contribution in [3.63, 3.8) is 0 Å². The number of nitrogens with one attached hydrogen (secondary N) is 2. The SMILES string of the molecule is COC(=O)C1CCC(C(=O)NNC(=O)C2CCC(C(F)(F)F)CC2)CC1. The minimum atomic E-state index is -4.21. The van der Waals surface area contributed by atoms with Gasteiger partial charge in [-0.05, 0) is 51.4 Å². The molecular weight excluding hydrogens is 353 g/mol. The van der Waals surface area contributed by atoms with Crippen LogP contribution in [-0.4, -0.2) is 31.1 Å². The second-order valence-electron chi connectivity index (χ2n) is 7.14. The largest absolute Gasteiger partial charge is 0.469 e. The summed E-state index contributed by atoms with van der Waals surface area (Å²) in [6.07, 6.45) is -1.85. The minimum absolute atomic E-state index is 0.0624. The van der Waals surface area contributed by atoms with Crippen molar-refractivity contribution in [1.82, 2.24) is 10.9 Å². The summed E-state index contributed by atoms with van der Waals surface area (Å²) in [5.74, 6) is -3.38. The lowest BCUT2D eigenvalue weighted by molar-refractivity contribution is -0.184. The van der Waals surface area contributed by atoms with Crippen LogP contribution in [0.25, 0.3) is 0 Å². The van der Waals surface area contributed by atoms with E-state index in [0.29, 0.717) is 25.7 Å². The van der Waals surface area contributed by atoms with Crippen LogP contribution in [0.2, 0.25) is 0 Å². The van der Waals surface area contributed by atoms with Gasteiger partial charge in [0, 0.05) is 11.8 Å². The van der Waals surface area contributed by atoms with Crippen LogP contribution in [0.15, 0.2) is 0 Å². The zero-order valence-electron chi connectivity index (χ0n) is 14.7. The maximum absolute atomic E-state index is 12.6. The molecule has 26 heavy (non-hydrogen) atoms. The first-order valence-electron chi connectivity index (χ1n) is 8.96. The normalized spacial score (nSPS) is 29.5. The molecule has 0 heterocycles. The first-order valence-corrected chi connectivity index (χ1v) is 8.96. The predicted molar refractivity (Wildman–Crippen MR) is 85.3 cm³/mol. The van der Waals surface area contributed by atoms with E-state index in [0.717, 1.165) is 0 Å². The number of rotatable bonds is 3. The lowest BCUT2D eigenvalue weighted by Crippen LogP contribution is -2.48. The van der Waals surface area contributed by atoms with Crippen LogP contribution in [-0.2, 0) is 19.1 Å². The molecular formula is C17H25F3N2O4. The van der Waals surface area contributed by atoms with Gasteiger partial charge in [0.05, 0.1) is 18.9 Å². The van der Waals surface area contributed by atoms with E-state index in [9.17, 15) is 27.6 Å². The molecule has 0 spiro atoms. The molecule has 2 N–H and O–H groups in total. The molecule has 0 aromatic rings. The second kappa shape index (κ2) is 8.73. The molecule has 2 aliphatic carbocycles. The van der Waals surface area contributed by atoms with Crippen molar-refractivity contribution in [2.24, 2.45) is 23.7 Å². The van der Waals surface area contributed by atoms with Gasteiger partial charge < -0.3 is 4.74 Å². The van der Waals surface area contributed by atoms with Crippen molar-refractivity contribution in [1.29, 1.82) is 0 Å². The summed E-state index contributed by atoms with van der Waals surface area (Å²) in [4.78, 5) is 35.6. The number of alkyl halides is 3. The molecule has 2 saturated carbocycles. The smallest absolute Gasteiger partial charge is 0.391 e. The molecule has 2 aliphatic rings. The van der Waals surface area contributed by atoms with Gasteiger partial charge in [-0.2, -0.15) is 13.2 Å². The lowest BCUT2D eigenvalue weighted by Gasteiger charge is -2.29. The van der Waals surface area contributed by atoms with Gasteiger partial charge in [-0.15, -0.1) is 0 Å².